The van der Waals surface area contributed by atoms with Crippen LogP contribution >= 0.6 is 0 Å². The number of likely N-dealkylation sites (tertiary alicyclic amines) is 2. The maximum atomic E-state index is 11.9. The number of hydrogen-bond donors (Lipinski definition) is 0. The number of carbonyl (C=O) groups is 4. The average Bonchev–Trinajstić information content (AvgIpc) is 2.77. The smallest absolute Gasteiger partial charge is 0.410 e. The standard InChI is InChI=1S/2C13H21NO4/c2*1-13(2,3)18-12(16)14-6-4-11-9(8-14)10(15)5-7-17-11/h2*9,11H,4-8H2,1-3H3/t2*9-,11+/m10/s1. The Labute approximate surface area is 213 Å². The number of carbonyl (C=O) groups excluding carboxylic acids is 4. The van der Waals surface area contributed by atoms with E-state index in [0.717, 1.165) is 12.8 Å². The molecule has 0 unspecified atom stereocenters. The molecule has 4 aliphatic heterocycles. The lowest BCUT2D eigenvalue weighted by Crippen LogP contribution is -2.52. The van der Waals surface area contributed by atoms with Crippen molar-refractivity contribution < 1.29 is 38.1 Å². The summed E-state index contributed by atoms with van der Waals surface area (Å²) < 4.78 is 21.8. The molecule has 4 saturated heterocycles. The van der Waals surface area contributed by atoms with E-state index in [1.165, 1.54) is 0 Å². The zero-order valence-corrected chi connectivity index (χ0v) is 22.5. The lowest BCUT2D eigenvalue weighted by atomic mass is 9.87. The summed E-state index contributed by atoms with van der Waals surface area (Å²) in [5, 5.41) is 0. The summed E-state index contributed by atoms with van der Waals surface area (Å²) in [6.45, 7) is 14.1. The van der Waals surface area contributed by atoms with Gasteiger partial charge < -0.3 is 28.7 Å². The normalized spacial score (nSPS) is 28.8. The van der Waals surface area contributed by atoms with Gasteiger partial charge in [-0.25, -0.2) is 9.59 Å². The van der Waals surface area contributed by atoms with Gasteiger partial charge in [-0.1, -0.05) is 0 Å². The fourth-order valence-electron chi connectivity index (χ4n) is 4.86. The first-order chi connectivity index (χ1) is 16.7. The Kier molecular flexibility index (Phi) is 9.03. The molecular formula is C26H42N2O8. The SMILES string of the molecule is CC(C)(C)OC(=O)N1CC[C@@H]2OCCC(=O)[C@H]2C1.CC(C)(C)OC(=O)N1CC[C@H]2OCCC(=O)[C@@H]2C1. The van der Waals surface area contributed by atoms with Gasteiger partial charge in [-0.3, -0.25) is 9.59 Å². The van der Waals surface area contributed by atoms with Crippen LogP contribution in [0.1, 0.15) is 67.2 Å². The van der Waals surface area contributed by atoms with Gasteiger partial charge in [0.25, 0.3) is 0 Å². The number of rotatable bonds is 0. The molecule has 4 heterocycles. The van der Waals surface area contributed by atoms with E-state index in [2.05, 4.69) is 0 Å². The Bertz CT molecular complexity index is 763. The van der Waals surface area contributed by atoms with E-state index in [1.807, 2.05) is 41.5 Å². The molecule has 10 nitrogen and oxygen atoms in total. The molecule has 0 aromatic carbocycles. The lowest BCUT2D eigenvalue weighted by molar-refractivity contribution is -0.143. The van der Waals surface area contributed by atoms with E-state index < -0.39 is 11.2 Å². The zero-order chi connectivity index (χ0) is 26.7. The number of nitrogens with zero attached hydrogens (tertiary/aromatic N) is 2. The Morgan fingerprint density at radius 1 is 0.722 bits per heavy atom. The molecule has 0 saturated carbocycles. The summed E-state index contributed by atoms with van der Waals surface area (Å²) in [7, 11) is 0. The summed E-state index contributed by atoms with van der Waals surface area (Å²) in [4.78, 5) is 50.8. The highest BCUT2D eigenvalue weighted by Crippen LogP contribution is 2.28. The van der Waals surface area contributed by atoms with Crippen LogP contribution in [0.15, 0.2) is 0 Å². The van der Waals surface area contributed by atoms with Gasteiger partial charge in [-0.05, 0) is 54.4 Å². The molecule has 36 heavy (non-hydrogen) atoms. The van der Waals surface area contributed by atoms with Crippen LogP contribution in [0.4, 0.5) is 9.59 Å². The first kappa shape index (κ1) is 28.4. The molecular weight excluding hydrogens is 468 g/mol. The second-order valence-corrected chi connectivity index (χ2v) is 11.9. The molecule has 204 valence electrons. The fourth-order valence-corrected chi connectivity index (χ4v) is 4.86. The number of ether oxygens (including phenoxy) is 4. The number of Topliss-reactive ketones (excluding diaryl/α,β-unsaturated/α-hetero) is 2. The molecule has 0 bridgehead atoms. The van der Waals surface area contributed by atoms with Crippen molar-refractivity contribution in [3.05, 3.63) is 0 Å². The van der Waals surface area contributed by atoms with E-state index >= 15 is 0 Å². The molecule has 0 aromatic heterocycles. The summed E-state index contributed by atoms with van der Waals surface area (Å²) in [6, 6.07) is 0. The van der Waals surface area contributed by atoms with Crippen LogP contribution < -0.4 is 0 Å². The monoisotopic (exact) mass is 510 g/mol. The van der Waals surface area contributed by atoms with Gasteiger partial charge in [0.05, 0.1) is 37.3 Å². The molecule has 0 spiro atoms. The Balaban J connectivity index is 0.000000201. The van der Waals surface area contributed by atoms with Gasteiger partial charge in [0, 0.05) is 39.0 Å². The van der Waals surface area contributed by atoms with Crippen LogP contribution in [0.25, 0.3) is 0 Å². The van der Waals surface area contributed by atoms with Crippen molar-refractivity contribution in [2.75, 3.05) is 39.4 Å². The number of hydrogen-bond acceptors (Lipinski definition) is 8. The van der Waals surface area contributed by atoms with Gasteiger partial charge in [-0.15, -0.1) is 0 Å². The first-order valence-electron chi connectivity index (χ1n) is 13.0. The van der Waals surface area contributed by atoms with Crippen LogP contribution in [0.3, 0.4) is 0 Å². The molecule has 2 amide bonds. The summed E-state index contributed by atoms with van der Waals surface area (Å²) in [5.74, 6) is 0.0825. The van der Waals surface area contributed by atoms with Crippen molar-refractivity contribution in [1.29, 1.82) is 0 Å². The fraction of sp³-hybridized carbons (Fsp3) is 0.846. The number of ketones is 2. The van der Waals surface area contributed by atoms with Crippen molar-refractivity contribution in [3.8, 4) is 0 Å². The minimum atomic E-state index is -0.499. The van der Waals surface area contributed by atoms with Gasteiger partial charge >= 0.3 is 12.2 Å². The highest BCUT2D eigenvalue weighted by molar-refractivity contribution is 5.84. The predicted molar refractivity (Wildman–Crippen MR) is 131 cm³/mol. The van der Waals surface area contributed by atoms with Crippen LogP contribution in [0, 0.1) is 11.8 Å². The average molecular weight is 511 g/mol. The van der Waals surface area contributed by atoms with Crippen LogP contribution in [-0.4, -0.2) is 96.4 Å². The van der Waals surface area contributed by atoms with Crippen LogP contribution in [0.5, 0.6) is 0 Å². The molecule has 4 fully saturated rings. The molecule has 10 heteroatoms. The highest BCUT2D eigenvalue weighted by atomic mass is 16.6. The molecule has 4 aliphatic rings. The third-order valence-corrected chi connectivity index (χ3v) is 6.59. The van der Waals surface area contributed by atoms with E-state index in [9.17, 15) is 19.2 Å². The maximum absolute atomic E-state index is 11.9. The predicted octanol–water partition coefficient (Wildman–Crippen LogP) is 3.20. The van der Waals surface area contributed by atoms with Crippen molar-refractivity contribution in [3.63, 3.8) is 0 Å². The molecule has 4 atom stereocenters. The molecule has 4 rings (SSSR count). The van der Waals surface area contributed by atoms with Crippen molar-refractivity contribution >= 4 is 23.8 Å². The molecule has 0 radical (unpaired) electrons. The second-order valence-electron chi connectivity index (χ2n) is 11.9. The Morgan fingerprint density at radius 2 is 1.08 bits per heavy atom. The minimum Gasteiger partial charge on any atom is -0.444 e. The Morgan fingerprint density at radius 3 is 1.42 bits per heavy atom. The van der Waals surface area contributed by atoms with Gasteiger partial charge in [0.2, 0.25) is 0 Å². The highest BCUT2D eigenvalue weighted by Gasteiger charge is 2.41. The topological polar surface area (TPSA) is 112 Å². The summed E-state index contributed by atoms with van der Waals surface area (Å²) in [6.07, 6.45) is 1.67. The van der Waals surface area contributed by atoms with Crippen LogP contribution in [-0.2, 0) is 28.5 Å². The van der Waals surface area contributed by atoms with E-state index in [4.69, 9.17) is 18.9 Å². The van der Waals surface area contributed by atoms with Gasteiger partial charge in [0.15, 0.2) is 0 Å². The Hall–Kier alpha value is -2.20. The van der Waals surface area contributed by atoms with E-state index in [-0.39, 0.29) is 47.8 Å². The first-order valence-corrected chi connectivity index (χ1v) is 13.0. The lowest BCUT2D eigenvalue weighted by Gasteiger charge is -2.40. The van der Waals surface area contributed by atoms with Gasteiger partial charge in [0.1, 0.15) is 22.8 Å². The van der Waals surface area contributed by atoms with E-state index in [1.54, 1.807) is 9.80 Å². The summed E-state index contributed by atoms with van der Waals surface area (Å²) >= 11 is 0. The molecule has 0 N–H and O–H groups in total. The van der Waals surface area contributed by atoms with Crippen molar-refractivity contribution in [2.24, 2.45) is 11.8 Å². The quantitative estimate of drug-likeness (QED) is 0.488. The number of piperidine rings is 2. The minimum absolute atomic E-state index is 0.00932. The molecule has 0 aromatic rings. The maximum Gasteiger partial charge on any atom is 0.410 e. The van der Waals surface area contributed by atoms with E-state index in [0.29, 0.717) is 52.2 Å². The number of fused-ring (bicyclic) bond motifs is 2. The number of amides is 2. The largest absolute Gasteiger partial charge is 0.444 e. The third-order valence-electron chi connectivity index (χ3n) is 6.59. The summed E-state index contributed by atoms with van der Waals surface area (Å²) in [5.41, 5.74) is -0.998. The van der Waals surface area contributed by atoms with Crippen molar-refractivity contribution in [1.82, 2.24) is 9.80 Å². The molecule has 0 aliphatic carbocycles. The van der Waals surface area contributed by atoms with Gasteiger partial charge in [-0.2, -0.15) is 0 Å². The van der Waals surface area contributed by atoms with Crippen molar-refractivity contribution in [2.45, 2.75) is 90.6 Å². The zero-order valence-electron chi connectivity index (χ0n) is 22.5. The van der Waals surface area contributed by atoms with Crippen LogP contribution in [0.2, 0.25) is 0 Å². The second kappa shape index (κ2) is 11.5. The third kappa shape index (κ3) is 7.90.